The second-order valence-electron chi connectivity index (χ2n) is 5.39. The molecule has 1 atom stereocenters. The predicted octanol–water partition coefficient (Wildman–Crippen LogP) is 2.72. The number of sulfonamides is 1. The summed E-state index contributed by atoms with van der Waals surface area (Å²) in [5, 5.41) is 3.28. The zero-order chi connectivity index (χ0) is 16.9. The molecule has 7 heteroatoms. The first-order chi connectivity index (χ1) is 10.1. The van der Waals surface area contributed by atoms with Gasteiger partial charge in [-0.15, -0.1) is 0 Å². The molecule has 0 saturated heterocycles. The largest absolute Gasteiger partial charge is 0.354 e. The van der Waals surface area contributed by atoms with E-state index in [0.29, 0.717) is 10.7 Å². The average molecular weight is 347 g/mol. The molecule has 0 aliphatic carbocycles. The number of halogens is 1. The van der Waals surface area contributed by atoms with Crippen LogP contribution in [0.4, 0.5) is 5.69 Å². The highest BCUT2D eigenvalue weighted by Crippen LogP contribution is 2.26. The lowest BCUT2D eigenvalue weighted by molar-refractivity contribution is -0.121. The minimum absolute atomic E-state index is 0.0760. The van der Waals surface area contributed by atoms with E-state index in [0.717, 1.165) is 18.2 Å². The third-order valence-electron chi connectivity index (χ3n) is 3.40. The number of amides is 1. The highest BCUT2D eigenvalue weighted by molar-refractivity contribution is 7.92. The van der Waals surface area contributed by atoms with Crippen molar-refractivity contribution in [1.82, 2.24) is 5.32 Å². The van der Waals surface area contributed by atoms with Gasteiger partial charge >= 0.3 is 0 Å². The summed E-state index contributed by atoms with van der Waals surface area (Å²) in [6.45, 7) is 5.78. The van der Waals surface area contributed by atoms with Gasteiger partial charge in [-0.2, -0.15) is 0 Å². The molecule has 0 aromatic heterocycles. The van der Waals surface area contributed by atoms with E-state index in [4.69, 9.17) is 11.6 Å². The molecule has 0 fully saturated rings. The van der Waals surface area contributed by atoms with Crippen LogP contribution in [-0.2, 0) is 14.8 Å². The summed E-state index contributed by atoms with van der Waals surface area (Å²) in [5.41, 5.74) is 1.29. The van der Waals surface area contributed by atoms with Crippen LogP contribution in [0.3, 0.4) is 0 Å². The summed E-state index contributed by atoms with van der Waals surface area (Å²) >= 11 is 5.96. The lowest BCUT2D eigenvalue weighted by Crippen LogP contribution is -2.37. The smallest absolute Gasteiger partial charge is 0.232 e. The van der Waals surface area contributed by atoms with Gasteiger partial charge in [-0.05, 0) is 38.0 Å². The van der Waals surface area contributed by atoms with Crippen LogP contribution in [-0.4, -0.2) is 33.2 Å². The average Bonchev–Trinajstić information content (AvgIpc) is 2.41. The van der Waals surface area contributed by atoms with E-state index in [1.54, 1.807) is 18.2 Å². The van der Waals surface area contributed by atoms with Gasteiger partial charge < -0.3 is 5.32 Å². The van der Waals surface area contributed by atoms with Crippen LogP contribution >= 0.6 is 11.6 Å². The van der Waals surface area contributed by atoms with Crippen molar-refractivity contribution >= 4 is 33.2 Å². The Balaban J connectivity index is 2.92. The van der Waals surface area contributed by atoms with Gasteiger partial charge in [-0.25, -0.2) is 8.42 Å². The van der Waals surface area contributed by atoms with Crippen molar-refractivity contribution in [1.29, 1.82) is 0 Å². The Morgan fingerprint density at radius 3 is 2.59 bits per heavy atom. The van der Waals surface area contributed by atoms with E-state index >= 15 is 0 Å². The number of carbonyl (C=O) groups excluding carboxylic acids is 1. The zero-order valence-corrected chi connectivity index (χ0v) is 15.0. The van der Waals surface area contributed by atoms with Gasteiger partial charge in [0.05, 0.1) is 11.9 Å². The molecular weight excluding hydrogens is 324 g/mol. The van der Waals surface area contributed by atoms with Crippen molar-refractivity contribution in [2.24, 2.45) is 0 Å². The molecule has 1 aromatic rings. The molecule has 0 radical (unpaired) electrons. The third kappa shape index (κ3) is 5.50. The fourth-order valence-corrected chi connectivity index (χ4v) is 3.11. The highest BCUT2D eigenvalue weighted by Gasteiger charge is 2.20. The molecular formula is C15H23ClN2O3S. The van der Waals surface area contributed by atoms with E-state index < -0.39 is 10.0 Å². The Morgan fingerprint density at radius 1 is 1.41 bits per heavy atom. The normalized spacial score (nSPS) is 12.8. The Kier molecular flexibility index (Phi) is 6.68. The SMILES string of the molecule is CCC(C)NC(=O)CCN(c1cc(Cl)ccc1C)S(C)(=O)=O. The van der Waals surface area contributed by atoms with E-state index in [-0.39, 0.29) is 24.9 Å². The number of nitrogens with one attached hydrogen (secondary N) is 1. The summed E-state index contributed by atoms with van der Waals surface area (Å²) in [6, 6.07) is 5.14. The molecule has 22 heavy (non-hydrogen) atoms. The van der Waals surface area contributed by atoms with Crippen LogP contribution < -0.4 is 9.62 Å². The topological polar surface area (TPSA) is 66.5 Å². The van der Waals surface area contributed by atoms with Crippen molar-refractivity contribution in [2.75, 3.05) is 17.1 Å². The lowest BCUT2D eigenvalue weighted by Gasteiger charge is -2.24. The van der Waals surface area contributed by atoms with Crippen LogP contribution in [0.5, 0.6) is 0 Å². The Labute approximate surface area is 137 Å². The first-order valence-electron chi connectivity index (χ1n) is 7.18. The number of benzene rings is 1. The molecule has 0 aliphatic rings. The van der Waals surface area contributed by atoms with Gasteiger partial charge in [-0.1, -0.05) is 24.6 Å². The molecule has 0 saturated carbocycles. The lowest BCUT2D eigenvalue weighted by atomic mass is 10.2. The van der Waals surface area contributed by atoms with Gasteiger partial charge in [0, 0.05) is 24.0 Å². The van der Waals surface area contributed by atoms with Crippen molar-refractivity contribution in [3.63, 3.8) is 0 Å². The number of hydrogen-bond acceptors (Lipinski definition) is 3. The number of carbonyl (C=O) groups is 1. The molecule has 124 valence electrons. The molecule has 0 spiro atoms. The van der Waals surface area contributed by atoms with E-state index in [1.807, 2.05) is 20.8 Å². The predicted molar refractivity (Wildman–Crippen MR) is 90.9 cm³/mol. The van der Waals surface area contributed by atoms with Crippen molar-refractivity contribution in [2.45, 2.75) is 39.7 Å². The second-order valence-corrected chi connectivity index (χ2v) is 7.74. The minimum atomic E-state index is -3.49. The van der Waals surface area contributed by atoms with Gasteiger partial charge in [-0.3, -0.25) is 9.10 Å². The Bertz CT molecular complexity index is 632. The van der Waals surface area contributed by atoms with Crippen LogP contribution in [0.1, 0.15) is 32.3 Å². The summed E-state index contributed by atoms with van der Waals surface area (Å²) < 4.78 is 25.3. The Morgan fingerprint density at radius 2 is 2.05 bits per heavy atom. The van der Waals surface area contributed by atoms with Crippen LogP contribution in [0, 0.1) is 6.92 Å². The standard InChI is InChI=1S/C15H23ClN2O3S/c1-5-12(3)17-15(19)8-9-18(22(4,20)21)14-10-13(16)7-6-11(14)2/h6-7,10,12H,5,8-9H2,1-4H3,(H,17,19). The van der Waals surface area contributed by atoms with Gasteiger partial charge in [0.25, 0.3) is 0 Å². The summed E-state index contributed by atoms with van der Waals surface area (Å²) in [6.07, 6.45) is 2.05. The summed E-state index contributed by atoms with van der Waals surface area (Å²) in [7, 11) is -3.49. The monoisotopic (exact) mass is 346 g/mol. The number of anilines is 1. The van der Waals surface area contributed by atoms with Crippen molar-refractivity contribution < 1.29 is 13.2 Å². The fourth-order valence-electron chi connectivity index (χ4n) is 1.97. The molecule has 0 bridgehead atoms. The number of rotatable bonds is 7. The molecule has 0 heterocycles. The van der Waals surface area contributed by atoms with Crippen LogP contribution in [0.25, 0.3) is 0 Å². The molecule has 0 aliphatic heterocycles. The summed E-state index contributed by atoms with van der Waals surface area (Å²) in [4.78, 5) is 11.9. The van der Waals surface area contributed by atoms with E-state index in [1.165, 1.54) is 4.31 Å². The molecule has 1 rings (SSSR count). The van der Waals surface area contributed by atoms with E-state index in [9.17, 15) is 13.2 Å². The number of nitrogens with zero attached hydrogens (tertiary/aromatic N) is 1. The second kappa shape index (κ2) is 7.83. The van der Waals surface area contributed by atoms with E-state index in [2.05, 4.69) is 5.32 Å². The highest BCUT2D eigenvalue weighted by atomic mass is 35.5. The first-order valence-corrected chi connectivity index (χ1v) is 9.41. The minimum Gasteiger partial charge on any atom is -0.354 e. The summed E-state index contributed by atoms with van der Waals surface area (Å²) in [5.74, 6) is -0.164. The molecule has 5 nitrogen and oxygen atoms in total. The maximum Gasteiger partial charge on any atom is 0.232 e. The number of hydrogen-bond donors (Lipinski definition) is 1. The maximum absolute atomic E-state index is 12.0. The zero-order valence-electron chi connectivity index (χ0n) is 13.4. The molecule has 1 unspecified atom stereocenters. The maximum atomic E-state index is 12.0. The molecule has 1 aromatic carbocycles. The quantitative estimate of drug-likeness (QED) is 0.825. The van der Waals surface area contributed by atoms with Crippen LogP contribution in [0.15, 0.2) is 18.2 Å². The first kappa shape index (κ1) is 18.8. The fraction of sp³-hybridized carbons (Fsp3) is 0.533. The third-order valence-corrected chi connectivity index (χ3v) is 4.82. The molecule has 1 N–H and O–H groups in total. The van der Waals surface area contributed by atoms with Crippen molar-refractivity contribution in [3.8, 4) is 0 Å². The van der Waals surface area contributed by atoms with Gasteiger partial charge in [0.1, 0.15) is 0 Å². The molecule has 1 amide bonds. The van der Waals surface area contributed by atoms with Gasteiger partial charge in [0.2, 0.25) is 15.9 Å². The van der Waals surface area contributed by atoms with Gasteiger partial charge in [0.15, 0.2) is 0 Å². The van der Waals surface area contributed by atoms with Crippen molar-refractivity contribution in [3.05, 3.63) is 28.8 Å². The van der Waals surface area contributed by atoms with Crippen LogP contribution in [0.2, 0.25) is 5.02 Å². The number of aryl methyl sites for hydroxylation is 1. The Hall–Kier alpha value is -1.27.